The molecule has 1 aliphatic carbocycles. The van der Waals surface area contributed by atoms with Gasteiger partial charge in [-0.2, -0.15) is 0 Å². The lowest BCUT2D eigenvalue weighted by Gasteiger charge is -2.15. The Balaban J connectivity index is 2.06. The molecule has 0 spiro atoms. The fourth-order valence-electron chi connectivity index (χ4n) is 3.06. The quantitative estimate of drug-likeness (QED) is 0.802. The van der Waals surface area contributed by atoms with Crippen molar-refractivity contribution in [3.05, 3.63) is 34.4 Å². The lowest BCUT2D eigenvalue weighted by molar-refractivity contribution is 0.701. The average molecular weight is 333 g/mol. The highest BCUT2D eigenvalue weighted by atomic mass is 79.9. The monoisotopic (exact) mass is 332 g/mol. The molecule has 20 heavy (non-hydrogen) atoms. The number of aromatic nitrogens is 1. The van der Waals surface area contributed by atoms with Crippen LogP contribution in [0.15, 0.2) is 28.7 Å². The molecule has 1 saturated carbocycles. The molecule has 1 N–H and O–H groups in total. The highest BCUT2D eigenvalue weighted by Crippen LogP contribution is 2.36. The minimum absolute atomic E-state index is 0.658. The Kier molecular flexibility index (Phi) is 4.25. The summed E-state index contributed by atoms with van der Waals surface area (Å²) in [5.74, 6) is 0.658. The van der Waals surface area contributed by atoms with Crippen LogP contribution in [-0.2, 0) is 0 Å². The Hall–Kier alpha value is -1.09. The number of benzene rings is 1. The maximum atomic E-state index is 4.91. The van der Waals surface area contributed by atoms with E-state index in [0.717, 1.165) is 23.0 Å². The molecule has 0 amide bonds. The van der Waals surface area contributed by atoms with Gasteiger partial charge in [-0.25, -0.2) is 0 Å². The van der Waals surface area contributed by atoms with Gasteiger partial charge < -0.3 is 5.32 Å². The molecular formula is C17H21BrN2. The maximum absolute atomic E-state index is 4.91. The van der Waals surface area contributed by atoms with E-state index in [1.165, 1.54) is 42.5 Å². The predicted octanol–water partition coefficient (Wildman–Crippen LogP) is 5.48. The third-order valence-corrected chi connectivity index (χ3v) is 4.62. The van der Waals surface area contributed by atoms with Crippen molar-refractivity contribution in [1.82, 2.24) is 4.98 Å². The van der Waals surface area contributed by atoms with Crippen LogP contribution in [0, 0.1) is 0 Å². The summed E-state index contributed by atoms with van der Waals surface area (Å²) in [5.41, 5.74) is 3.62. The zero-order chi connectivity index (χ0) is 13.9. The molecule has 1 aromatic carbocycles. The van der Waals surface area contributed by atoms with E-state index >= 15 is 0 Å². The third-order valence-electron chi connectivity index (χ3n) is 4.13. The molecule has 0 atom stereocenters. The van der Waals surface area contributed by atoms with Gasteiger partial charge in [-0.05, 0) is 43.5 Å². The van der Waals surface area contributed by atoms with Gasteiger partial charge in [-0.1, -0.05) is 35.7 Å². The molecule has 1 aliphatic rings. The lowest BCUT2D eigenvalue weighted by atomic mass is 10.0. The number of halogens is 1. The van der Waals surface area contributed by atoms with Crippen LogP contribution in [0.25, 0.3) is 10.9 Å². The fraction of sp³-hybridized carbons (Fsp3) is 0.471. The Labute approximate surface area is 129 Å². The van der Waals surface area contributed by atoms with E-state index in [0.29, 0.717) is 5.92 Å². The molecule has 0 unspecified atom stereocenters. The highest BCUT2D eigenvalue weighted by molar-refractivity contribution is 9.10. The van der Waals surface area contributed by atoms with Crippen molar-refractivity contribution < 1.29 is 0 Å². The minimum Gasteiger partial charge on any atom is -0.384 e. The van der Waals surface area contributed by atoms with E-state index in [-0.39, 0.29) is 0 Å². The third kappa shape index (κ3) is 2.83. The second-order valence-electron chi connectivity index (χ2n) is 5.66. The van der Waals surface area contributed by atoms with Crippen molar-refractivity contribution in [2.75, 3.05) is 11.9 Å². The van der Waals surface area contributed by atoms with Crippen LogP contribution >= 0.6 is 15.9 Å². The molecule has 2 nitrogen and oxygen atoms in total. The topological polar surface area (TPSA) is 24.9 Å². The van der Waals surface area contributed by atoms with Crippen LogP contribution in [-0.4, -0.2) is 11.5 Å². The number of nitrogens with one attached hydrogen (secondary N) is 1. The average Bonchev–Trinajstić information content (AvgIpc) is 2.99. The van der Waals surface area contributed by atoms with E-state index in [9.17, 15) is 0 Å². The number of anilines is 1. The first-order valence-electron chi connectivity index (χ1n) is 7.62. The highest BCUT2D eigenvalue weighted by Gasteiger charge is 2.19. The Morgan fingerprint density at radius 2 is 2.05 bits per heavy atom. The van der Waals surface area contributed by atoms with Gasteiger partial charge in [0.05, 0.1) is 5.52 Å². The summed E-state index contributed by atoms with van der Waals surface area (Å²) in [7, 11) is 0. The molecule has 0 aliphatic heterocycles. The normalized spacial score (nSPS) is 15.9. The summed E-state index contributed by atoms with van der Waals surface area (Å²) in [6, 6.07) is 8.64. The van der Waals surface area contributed by atoms with Crippen molar-refractivity contribution >= 4 is 32.5 Å². The van der Waals surface area contributed by atoms with Crippen LogP contribution < -0.4 is 5.32 Å². The molecular weight excluding hydrogens is 312 g/mol. The summed E-state index contributed by atoms with van der Waals surface area (Å²) < 4.78 is 1.11. The SMILES string of the molecule is CCCNc1cc(C2CCCC2)nc2ccc(Br)cc12. The van der Waals surface area contributed by atoms with E-state index < -0.39 is 0 Å². The van der Waals surface area contributed by atoms with Crippen LogP contribution in [0.1, 0.15) is 50.6 Å². The lowest BCUT2D eigenvalue weighted by Crippen LogP contribution is -2.04. The second kappa shape index (κ2) is 6.13. The van der Waals surface area contributed by atoms with Gasteiger partial charge in [-0.3, -0.25) is 4.98 Å². The number of fused-ring (bicyclic) bond motifs is 1. The summed E-state index contributed by atoms with van der Waals surface area (Å²) >= 11 is 3.56. The van der Waals surface area contributed by atoms with Crippen LogP contribution in [0.5, 0.6) is 0 Å². The van der Waals surface area contributed by atoms with Crippen molar-refractivity contribution in [2.45, 2.75) is 44.9 Å². The number of hydrogen-bond acceptors (Lipinski definition) is 2. The van der Waals surface area contributed by atoms with Crippen molar-refractivity contribution in [3.63, 3.8) is 0 Å². The maximum Gasteiger partial charge on any atom is 0.0726 e. The zero-order valence-corrected chi connectivity index (χ0v) is 13.5. The van der Waals surface area contributed by atoms with Gasteiger partial charge in [0.15, 0.2) is 0 Å². The van der Waals surface area contributed by atoms with Crippen molar-refractivity contribution in [2.24, 2.45) is 0 Å². The first-order chi connectivity index (χ1) is 9.78. The van der Waals surface area contributed by atoms with Gasteiger partial charge in [0.2, 0.25) is 0 Å². The zero-order valence-electron chi connectivity index (χ0n) is 12.0. The molecule has 1 aromatic heterocycles. The van der Waals surface area contributed by atoms with Gasteiger partial charge in [0.1, 0.15) is 0 Å². The molecule has 1 fully saturated rings. The molecule has 106 valence electrons. The number of rotatable bonds is 4. The summed E-state index contributed by atoms with van der Waals surface area (Å²) in [6.07, 6.45) is 6.42. The fourth-order valence-corrected chi connectivity index (χ4v) is 3.42. The second-order valence-corrected chi connectivity index (χ2v) is 6.58. The minimum atomic E-state index is 0.658. The Morgan fingerprint density at radius 3 is 2.80 bits per heavy atom. The number of pyridine rings is 1. The van der Waals surface area contributed by atoms with Crippen LogP contribution in [0.2, 0.25) is 0 Å². The number of nitrogens with zero attached hydrogens (tertiary/aromatic N) is 1. The van der Waals surface area contributed by atoms with E-state index in [1.807, 2.05) is 0 Å². The van der Waals surface area contributed by atoms with E-state index in [1.54, 1.807) is 0 Å². The smallest absolute Gasteiger partial charge is 0.0726 e. The summed E-state index contributed by atoms with van der Waals surface area (Å²) in [6.45, 7) is 3.21. The molecule has 1 heterocycles. The largest absolute Gasteiger partial charge is 0.384 e. The van der Waals surface area contributed by atoms with Gasteiger partial charge in [-0.15, -0.1) is 0 Å². The molecule has 0 saturated heterocycles. The summed E-state index contributed by atoms with van der Waals surface area (Å²) in [5, 5.41) is 4.78. The standard InChI is InChI=1S/C17H21BrN2/c1-2-9-19-17-11-16(12-5-3-4-6-12)20-15-8-7-13(18)10-14(15)17/h7-8,10-12H,2-6,9H2,1H3,(H,19,20). The Bertz CT molecular complexity index is 603. The first kappa shape index (κ1) is 13.9. The van der Waals surface area contributed by atoms with Crippen LogP contribution in [0.3, 0.4) is 0 Å². The molecule has 0 radical (unpaired) electrons. The van der Waals surface area contributed by atoms with Gasteiger partial charge in [0, 0.05) is 33.7 Å². The molecule has 3 rings (SSSR count). The van der Waals surface area contributed by atoms with Crippen molar-refractivity contribution in [3.8, 4) is 0 Å². The van der Waals surface area contributed by atoms with E-state index in [2.05, 4.69) is 52.4 Å². The van der Waals surface area contributed by atoms with Gasteiger partial charge in [0.25, 0.3) is 0 Å². The van der Waals surface area contributed by atoms with Crippen molar-refractivity contribution in [1.29, 1.82) is 0 Å². The Morgan fingerprint density at radius 1 is 1.25 bits per heavy atom. The predicted molar refractivity (Wildman–Crippen MR) is 89.4 cm³/mol. The summed E-state index contributed by atoms with van der Waals surface area (Å²) in [4.78, 5) is 4.91. The molecule has 2 aromatic rings. The number of hydrogen-bond donors (Lipinski definition) is 1. The van der Waals surface area contributed by atoms with E-state index in [4.69, 9.17) is 4.98 Å². The molecule has 3 heteroatoms. The van der Waals surface area contributed by atoms with Crippen LogP contribution in [0.4, 0.5) is 5.69 Å². The van der Waals surface area contributed by atoms with Gasteiger partial charge >= 0.3 is 0 Å². The molecule has 0 bridgehead atoms. The first-order valence-corrected chi connectivity index (χ1v) is 8.41.